The number of hydrogen-bond acceptors (Lipinski definition) is 5. The van der Waals surface area contributed by atoms with Crippen LogP contribution in [0.25, 0.3) is 17.1 Å². The normalized spacial score (nSPS) is 10.8. The predicted octanol–water partition coefficient (Wildman–Crippen LogP) is 4.67. The maximum absolute atomic E-state index is 14.5. The molecule has 3 aromatic carbocycles. The third-order valence-electron chi connectivity index (χ3n) is 4.97. The molecule has 0 radical (unpaired) electrons. The summed E-state index contributed by atoms with van der Waals surface area (Å²) in [6, 6.07) is 23.1. The molecule has 0 aliphatic carbocycles. The summed E-state index contributed by atoms with van der Waals surface area (Å²) >= 11 is 0. The molecule has 0 saturated heterocycles. The second kappa shape index (κ2) is 11.2. The molecular weight excluding hydrogens is 435 g/mol. The quantitative estimate of drug-likeness (QED) is 0.348. The van der Waals surface area contributed by atoms with Crippen molar-refractivity contribution in [1.82, 2.24) is 14.8 Å². The molecule has 8 heteroatoms. The zero-order chi connectivity index (χ0) is 23.8. The number of carbonyl (C=O) groups excluding carboxylic acids is 1. The molecule has 0 saturated carbocycles. The first kappa shape index (κ1) is 23.1. The lowest BCUT2D eigenvalue weighted by atomic mass is 10.1. The van der Waals surface area contributed by atoms with Gasteiger partial charge in [0.15, 0.2) is 5.82 Å². The maximum atomic E-state index is 14.5. The van der Waals surface area contributed by atoms with Gasteiger partial charge < -0.3 is 14.8 Å². The predicted molar refractivity (Wildman–Crippen MR) is 128 cm³/mol. The number of benzene rings is 3. The first-order valence-corrected chi connectivity index (χ1v) is 11.0. The van der Waals surface area contributed by atoms with E-state index in [9.17, 15) is 9.18 Å². The molecule has 0 fully saturated rings. The fourth-order valence-electron chi connectivity index (χ4n) is 3.36. The summed E-state index contributed by atoms with van der Waals surface area (Å²) < 4.78 is 26.9. The summed E-state index contributed by atoms with van der Waals surface area (Å²) in [5.41, 5.74) is 2.53. The van der Waals surface area contributed by atoms with Crippen molar-refractivity contribution in [3.05, 3.63) is 90.2 Å². The highest BCUT2D eigenvalue weighted by Gasteiger charge is 2.18. The summed E-state index contributed by atoms with van der Waals surface area (Å²) in [6.45, 7) is 3.16. The van der Waals surface area contributed by atoms with Crippen molar-refractivity contribution in [2.45, 2.75) is 13.3 Å². The van der Waals surface area contributed by atoms with Gasteiger partial charge in [-0.25, -0.2) is 9.07 Å². The van der Waals surface area contributed by atoms with Gasteiger partial charge in [-0.15, -0.1) is 5.10 Å². The molecule has 0 bridgehead atoms. The highest BCUT2D eigenvalue weighted by molar-refractivity contribution is 5.92. The highest BCUT2D eigenvalue weighted by Crippen LogP contribution is 2.26. The fourth-order valence-corrected chi connectivity index (χ4v) is 3.36. The first-order valence-electron chi connectivity index (χ1n) is 11.0. The average Bonchev–Trinajstić information content (AvgIpc) is 3.27. The van der Waals surface area contributed by atoms with E-state index in [1.807, 2.05) is 37.3 Å². The van der Waals surface area contributed by atoms with Crippen molar-refractivity contribution in [2.24, 2.45) is 0 Å². The van der Waals surface area contributed by atoms with Crippen LogP contribution in [0.2, 0.25) is 0 Å². The van der Waals surface area contributed by atoms with E-state index in [1.165, 1.54) is 10.7 Å². The van der Waals surface area contributed by atoms with Crippen LogP contribution in [0.15, 0.2) is 78.9 Å². The Morgan fingerprint density at radius 1 is 0.971 bits per heavy atom. The molecule has 1 amide bonds. The molecule has 0 spiro atoms. The number of amides is 1. The van der Waals surface area contributed by atoms with Crippen molar-refractivity contribution in [3.63, 3.8) is 0 Å². The molecule has 0 aliphatic heterocycles. The van der Waals surface area contributed by atoms with Crippen LogP contribution in [0, 0.1) is 5.82 Å². The van der Waals surface area contributed by atoms with Crippen molar-refractivity contribution >= 4 is 11.6 Å². The van der Waals surface area contributed by atoms with E-state index in [0.717, 1.165) is 5.56 Å². The van der Waals surface area contributed by atoms with E-state index in [1.54, 1.807) is 42.5 Å². The Morgan fingerprint density at radius 2 is 1.71 bits per heavy atom. The molecule has 4 rings (SSSR count). The second-order valence-corrected chi connectivity index (χ2v) is 7.41. The van der Waals surface area contributed by atoms with Crippen LogP contribution in [-0.4, -0.2) is 40.5 Å². The van der Waals surface area contributed by atoms with Crippen molar-refractivity contribution < 1.29 is 18.7 Å². The third kappa shape index (κ3) is 5.85. The largest absolute Gasteiger partial charge is 0.460 e. The van der Waals surface area contributed by atoms with Gasteiger partial charge in [0.25, 0.3) is 0 Å². The summed E-state index contributed by atoms with van der Waals surface area (Å²) in [5, 5.41) is 7.30. The van der Waals surface area contributed by atoms with Crippen LogP contribution in [0.3, 0.4) is 0 Å². The average molecular weight is 461 g/mol. The summed E-state index contributed by atoms with van der Waals surface area (Å²) in [7, 11) is 0. The number of nitrogens with zero attached hydrogens (tertiary/aromatic N) is 3. The van der Waals surface area contributed by atoms with E-state index in [2.05, 4.69) is 15.4 Å². The Bertz CT molecular complexity index is 1230. The summed E-state index contributed by atoms with van der Waals surface area (Å²) in [5.74, 6) is -0.219. The van der Waals surface area contributed by atoms with Crippen molar-refractivity contribution in [2.75, 3.05) is 25.1 Å². The molecule has 4 aromatic rings. The fraction of sp³-hybridized carbons (Fsp3) is 0.192. The first-order chi connectivity index (χ1) is 16.6. The van der Waals surface area contributed by atoms with Gasteiger partial charge in [0.05, 0.1) is 24.3 Å². The molecule has 0 aliphatic rings. The van der Waals surface area contributed by atoms with E-state index in [0.29, 0.717) is 36.0 Å². The number of hydrogen-bond donors (Lipinski definition) is 1. The Balaban J connectivity index is 1.54. The number of rotatable bonds is 10. The number of nitrogens with one attached hydrogen (secondary N) is 1. The van der Waals surface area contributed by atoms with Crippen LogP contribution >= 0.6 is 0 Å². The standard InChI is InChI=1S/C26H25FN4O3/c1-2-33-16-17-34-26-29-25(22-10-6-7-11-23(22)27)31(30-26)21-14-12-20(13-15-21)28-24(32)18-19-8-4-3-5-9-19/h3-15H,2,16-18H2,1H3,(H,28,32). The molecule has 0 atom stereocenters. The van der Waals surface area contributed by atoms with Crippen molar-refractivity contribution in [3.8, 4) is 23.1 Å². The van der Waals surface area contributed by atoms with Crippen LogP contribution in [0.5, 0.6) is 6.01 Å². The monoisotopic (exact) mass is 460 g/mol. The van der Waals surface area contributed by atoms with Gasteiger partial charge in [0.1, 0.15) is 12.4 Å². The zero-order valence-corrected chi connectivity index (χ0v) is 18.8. The van der Waals surface area contributed by atoms with E-state index in [4.69, 9.17) is 9.47 Å². The van der Waals surface area contributed by atoms with E-state index in [-0.39, 0.29) is 24.9 Å². The minimum Gasteiger partial charge on any atom is -0.460 e. The molecule has 174 valence electrons. The molecule has 7 nitrogen and oxygen atoms in total. The number of carbonyl (C=O) groups is 1. The van der Waals surface area contributed by atoms with Gasteiger partial charge >= 0.3 is 6.01 Å². The van der Waals surface area contributed by atoms with Gasteiger partial charge in [0.2, 0.25) is 5.91 Å². The Hall–Kier alpha value is -4.04. The van der Waals surface area contributed by atoms with Gasteiger partial charge in [-0.2, -0.15) is 4.98 Å². The number of aromatic nitrogens is 3. The summed E-state index contributed by atoms with van der Waals surface area (Å²) in [4.78, 5) is 16.8. The van der Waals surface area contributed by atoms with Crippen LogP contribution in [-0.2, 0) is 16.0 Å². The number of anilines is 1. The topological polar surface area (TPSA) is 78.3 Å². The van der Waals surface area contributed by atoms with Gasteiger partial charge in [-0.3, -0.25) is 4.79 Å². The van der Waals surface area contributed by atoms with Gasteiger partial charge in [-0.05, 0) is 48.9 Å². The zero-order valence-electron chi connectivity index (χ0n) is 18.8. The molecule has 1 aromatic heterocycles. The van der Waals surface area contributed by atoms with E-state index >= 15 is 0 Å². The number of ether oxygens (including phenoxy) is 2. The Kier molecular flexibility index (Phi) is 7.62. The molecule has 34 heavy (non-hydrogen) atoms. The van der Waals surface area contributed by atoms with Gasteiger partial charge in [0, 0.05) is 12.3 Å². The second-order valence-electron chi connectivity index (χ2n) is 7.41. The summed E-state index contributed by atoms with van der Waals surface area (Å²) in [6.07, 6.45) is 0.283. The smallest absolute Gasteiger partial charge is 0.336 e. The molecule has 0 unspecified atom stereocenters. The Morgan fingerprint density at radius 3 is 2.44 bits per heavy atom. The van der Waals surface area contributed by atoms with Crippen molar-refractivity contribution in [1.29, 1.82) is 0 Å². The van der Waals surface area contributed by atoms with Gasteiger partial charge in [-0.1, -0.05) is 42.5 Å². The van der Waals surface area contributed by atoms with Crippen LogP contribution in [0.4, 0.5) is 10.1 Å². The molecule has 1 N–H and O–H groups in total. The lowest BCUT2D eigenvalue weighted by Crippen LogP contribution is -2.14. The lowest BCUT2D eigenvalue weighted by Gasteiger charge is -2.09. The minimum absolute atomic E-state index is 0.114. The third-order valence-corrected chi connectivity index (χ3v) is 4.97. The highest BCUT2D eigenvalue weighted by atomic mass is 19.1. The lowest BCUT2D eigenvalue weighted by molar-refractivity contribution is -0.115. The maximum Gasteiger partial charge on any atom is 0.336 e. The Labute approximate surface area is 197 Å². The minimum atomic E-state index is -0.415. The van der Waals surface area contributed by atoms with Crippen LogP contribution in [0.1, 0.15) is 12.5 Å². The molecular formula is C26H25FN4O3. The van der Waals surface area contributed by atoms with Crippen LogP contribution < -0.4 is 10.1 Å². The van der Waals surface area contributed by atoms with E-state index < -0.39 is 5.82 Å². The molecule has 1 heterocycles. The SMILES string of the molecule is CCOCCOc1nc(-c2ccccc2F)n(-c2ccc(NC(=O)Cc3ccccc3)cc2)n1. The number of halogens is 1.